The van der Waals surface area contributed by atoms with Gasteiger partial charge in [-0.25, -0.2) is 15.0 Å². The minimum absolute atomic E-state index is 0.524. The van der Waals surface area contributed by atoms with Crippen molar-refractivity contribution < 1.29 is 0 Å². The number of hydrogen-bond donors (Lipinski definition) is 0. The van der Waals surface area contributed by atoms with Crippen LogP contribution in [0.15, 0.2) is 279 Å². The highest BCUT2D eigenvalue weighted by Crippen LogP contribution is 2.45. The van der Waals surface area contributed by atoms with Crippen molar-refractivity contribution in [2.45, 2.75) is 0 Å². The van der Waals surface area contributed by atoms with Crippen molar-refractivity contribution in [1.29, 1.82) is 5.26 Å². The van der Waals surface area contributed by atoms with E-state index >= 15 is 0 Å². The molecule has 0 aliphatic carbocycles. The maximum Gasteiger partial charge on any atom is 0.166 e. The Labute approximate surface area is 481 Å². The average Bonchev–Trinajstić information content (AvgIpc) is 2.43. The summed E-state index contributed by atoms with van der Waals surface area (Å²) >= 11 is 0. The normalized spacial score (nSPS) is 11.8. The zero-order chi connectivity index (χ0) is 55.4. The minimum atomic E-state index is 0.524. The Bertz CT molecular complexity index is 5490. The molecule has 0 atom stereocenters. The van der Waals surface area contributed by atoms with Crippen LogP contribution in [0.4, 0.5) is 0 Å². The summed E-state index contributed by atoms with van der Waals surface area (Å²) in [6.45, 7) is 0. The first-order valence-corrected chi connectivity index (χ1v) is 28.2. The van der Waals surface area contributed by atoms with Crippen LogP contribution in [0.5, 0.6) is 0 Å². The lowest BCUT2D eigenvalue weighted by Gasteiger charge is -2.18. The molecular weight excluding hydrogens is 1020 g/mol. The standard InChI is InChI=1S/C76H46N8/c77-47-63-53(34-21-39-68(63)83-66-37-19-15-32-56(66)61-43-70-59(45-72(61)83)54-30-13-17-35-64(54)81(70)51-26-9-3-10-27-51)50-40-41-58(76-79-74(48-22-5-1-6-23-48)78-75(80-76)49-24-7-2-8-25-49)69(42-50)84-67-38-20-16-33-57(67)62-44-71-60(46-73(62)84)55-31-14-18-36-65(55)82(71)52-28-11-4-12-29-52/h1-46H. The summed E-state index contributed by atoms with van der Waals surface area (Å²) in [4.78, 5) is 15.8. The predicted octanol–water partition coefficient (Wildman–Crippen LogP) is 18.8. The number of aromatic nitrogens is 7. The fourth-order valence-electron chi connectivity index (χ4n) is 13.2. The van der Waals surface area contributed by atoms with Crippen LogP contribution < -0.4 is 0 Å². The summed E-state index contributed by atoms with van der Waals surface area (Å²) in [5.41, 5.74) is 17.3. The lowest BCUT2D eigenvalue weighted by atomic mass is 9.96. The summed E-state index contributed by atoms with van der Waals surface area (Å²) in [6.07, 6.45) is 0. The van der Waals surface area contributed by atoms with Crippen LogP contribution in [-0.4, -0.2) is 33.2 Å². The molecule has 0 amide bonds. The van der Waals surface area contributed by atoms with E-state index in [1.54, 1.807) is 0 Å². The first-order chi connectivity index (χ1) is 41.6. The molecule has 8 heteroatoms. The smallest absolute Gasteiger partial charge is 0.166 e. The minimum Gasteiger partial charge on any atom is -0.309 e. The highest BCUT2D eigenvalue weighted by atomic mass is 15.1. The molecule has 0 aliphatic rings. The van der Waals surface area contributed by atoms with Crippen molar-refractivity contribution in [3.8, 4) is 74.1 Å². The van der Waals surface area contributed by atoms with Gasteiger partial charge in [-0.3, -0.25) is 0 Å². The third-order valence-corrected chi connectivity index (χ3v) is 16.8. The van der Waals surface area contributed by atoms with E-state index in [-0.39, 0.29) is 0 Å². The van der Waals surface area contributed by atoms with Gasteiger partial charge in [0, 0.05) is 76.7 Å². The van der Waals surface area contributed by atoms with E-state index in [4.69, 9.17) is 15.0 Å². The SMILES string of the molecule is N#Cc1c(-c2ccc(-c3nc(-c4ccccc4)nc(-c4ccccc4)n3)c(-n3c4ccccc4c4cc5c(cc43)c3ccccc3n5-c3ccccc3)c2)cccc1-n1c2ccccc2c2cc3c(cc21)c1ccccc1n3-c1ccccc1. The van der Waals surface area contributed by atoms with Gasteiger partial charge in [-0.1, -0.05) is 188 Å². The lowest BCUT2D eigenvalue weighted by molar-refractivity contribution is 1.06. The van der Waals surface area contributed by atoms with Gasteiger partial charge in [0.2, 0.25) is 0 Å². The van der Waals surface area contributed by atoms with Gasteiger partial charge in [-0.15, -0.1) is 0 Å². The van der Waals surface area contributed by atoms with Crippen molar-refractivity contribution in [2.24, 2.45) is 0 Å². The maximum absolute atomic E-state index is 11.8. The number of hydrogen-bond acceptors (Lipinski definition) is 4. The second-order valence-corrected chi connectivity index (χ2v) is 21.4. The maximum atomic E-state index is 11.8. The highest BCUT2D eigenvalue weighted by Gasteiger charge is 2.25. The molecule has 84 heavy (non-hydrogen) atoms. The molecule has 0 saturated heterocycles. The van der Waals surface area contributed by atoms with Crippen LogP contribution in [0.3, 0.4) is 0 Å². The Morgan fingerprint density at radius 3 is 1.06 bits per heavy atom. The molecule has 0 saturated carbocycles. The Morgan fingerprint density at radius 1 is 0.250 bits per heavy atom. The fraction of sp³-hybridized carbons (Fsp3) is 0. The molecule has 17 rings (SSSR count). The van der Waals surface area contributed by atoms with Gasteiger partial charge in [0.15, 0.2) is 17.5 Å². The van der Waals surface area contributed by atoms with Gasteiger partial charge in [0.25, 0.3) is 0 Å². The van der Waals surface area contributed by atoms with Crippen molar-refractivity contribution >= 4 is 87.2 Å². The van der Waals surface area contributed by atoms with E-state index in [0.29, 0.717) is 23.0 Å². The third kappa shape index (κ3) is 7.16. The predicted molar refractivity (Wildman–Crippen MR) is 344 cm³/mol. The van der Waals surface area contributed by atoms with Gasteiger partial charge >= 0.3 is 0 Å². The van der Waals surface area contributed by atoms with Gasteiger partial charge in [0.1, 0.15) is 6.07 Å². The van der Waals surface area contributed by atoms with Crippen molar-refractivity contribution in [3.05, 3.63) is 285 Å². The molecule has 5 aromatic heterocycles. The van der Waals surface area contributed by atoms with Gasteiger partial charge < -0.3 is 18.3 Å². The van der Waals surface area contributed by atoms with Crippen LogP contribution in [0, 0.1) is 11.3 Å². The van der Waals surface area contributed by atoms with E-state index in [9.17, 15) is 5.26 Å². The second kappa shape index (κ2) is 18.7. The van der Waals surface area contributed by atoms with E-state index in [1.807, 2.05) is 60.7 Å². The van der Waals surface area contributed by atoms with Crippen molar-refractivity contribution in [3.63, 3.8) is 0 Å². The van der Waals surface area contributed by atoms with E-state index in [2.05, 4.69) is 243 Å². The molecule has 390 valence electrons. The van der Waals surface area contributed by atoms with E-state index < -0.39 is 0 Å². The average molecular weight is 1070 g/mol. The quantitative estimate of drug-likeness (QED) is 0.152. The van der Waals surface area contributed by atoms with Gasteiger partial charge in [-0.2, -0.15) is 5.26 Å². The van der Waals surface area contributed by atoms with E-state index in [0.717, 1.165) is 138 Å². The third-order valence-electron chi connectivity index (χ3n) is 16.8. The monoisotopic (exact) mass is 1070 g/mol. The van der Waals surface area contributed by atoms with Crippen LogP contribution in [0.25, 0.3) is 155 Å². The van der Waals surface area contributed by atoms with Crippen LogP contribution in [0.1, 0.15) is 5.56 Å². The Balaban J connectivity index is 0.942. The first-order valence-electron chi connectivity index (χ1n) is 28.2. The molecule has 0 fully saturated rings. The molecule has 5 heterocycles. The summed E-state index contributed by atoms with van der Waals surface area (Å²) < 4.78 is 9.42. The molecule has 0 spiro atoms. The largest absolute Gasteiger partial charge is 0.309 e. The summed E-state index contributed by atoms with van der Waals surface area (Å²) in [6, 6.07) is 101. The highest BCUT2D eigenvalue weighted by molar-refractivity contribution is 6.21. The van der Waals surface area contributed by atoms with E-state index in [1.165, 1.54) is 0 Å². The zero-order valence-electron chi connectivity index (χ0n) is 45.1. The Hall–Kier alpha value is -11.7. The molecule has 0 N–H and O–H groups in total. The van der Waals surface area contributed by atoms with Crippen molar-refractivity contribution in [2.75, 3.05) is 0 Å². The number of rotatable bonds is 8. The molecule has 0 unspecified atom stereocenters. The summed E-state index contributed by atoms with van der Waals surface area (Å²) in [5.74, 6) is 1.66. The molecule has 0 radical (unpaired) electrons. The number of para-hydroxylation sites is 6. The molecule has 0 bridgehead atoms. The van der Waals surface area contributed by atoms with Gasteiger partial charge in [0.05, 0.1) is 61.1 Å². The number of nitrogens with zero attached hydrogens (tertiary/aromatic N) is 8. The summed E-state index contributed by atoms with van der Waals surface area (Å²) in [5, 5.41) is 20.8. The fourth-order valence-corrected chi connectivity index (χ4v) is 13.2. The number of benzene rings is 12. The Kier molecular flexibility index (Phi) is 10.5. The van der Waals surface area contributed by atoms with Crippen LogP contribution >= 0.6 is 0 Å². The summed E-state index contributed by atoms with van der Waals surface area (Å²) in [7, 11) is 0. The second-order valence-electron chi connectivity index (χ2n) is 21.4. The molecule has 0 aliphatic heterocycles. The first kappa shape index (κ1) is 47.2. The molecule has 12 aromatic carbocycles. The Morgan fingerprint density at radius 2 is 0.619 bits per heavy atom. The van der Waals surface area contributed by atoms with Crippen molar-refractivity contribution in [1.82, 2.24) is 33.2 Å². The number of fused-ring (bicyclic) bond motifs is 12. The lowest BCUT2D eigenvalue weighted by Crippen LogP contribution is -2.04. The number of nitriles is 1. The van der Waals surface area contributed by atoms with Crippen LogP contribution in [-0.2, 0) is 0 Å². The zero-order valence-corrected chi connectivity index (χ0v) is 45.1. The van der Waals surface area contributed by atoms with Gasteiger partial charge in [-0.05, 0) is 96.6 Å². The molecule has 8 nitrogen and oxygen atoms in total. The topological polar surface area (TPSA) is 82.2 Å². The van der Waals surface area contributed by atoms with Crippen LogP contribution in [0.2, 0.25) is 0 Å². The molecular formula is C76H46N8. The molecule has 17 aromatic rings.